The molecule has 22 heavy (non-hydrogen) atoms. The Bertz CT molecular complexity index is 632. The second kappa shape index (κ2) is 8.44. The van der Waals surface area contributed by atoms with Crippen LogP contribution in [0.1, 0.15) is 38.1 Å². The maximum absolute atomic E-state index is 11.6. The zero-order valence-corrected chi connectivity index (χ0v) is 13.7. The molecule has 0 aliphatic heterocycles. The number of aryl methyl sites for hydroxylation is 1. The molecule has 4 nitrogen and oxygen atoms in total. The molecule has 0 unspecified atom stereocenters. The van der Waals surface area contributed by atoms with E-state index < -0.39 is 0 Å². The summed E-state index contributed by atoms with van der Waals surface area (Å²) in [5, 5.41) is 10.3. The van der Waals surface area contributed by atoms with Crippen molar-refractivity contribution >= 4 is 17.3 Å². The molecule has 0 radical (unpaired) electrons. The van der Waals surface area contributed by atoms with Gasteiger partial charge in [0.05, 0.1) is 0 Å². The van der Waals surface area contributed by atoms with Gasteiger partial charge in [-0.3, -0.25) is 4.79 Å². The van der Waals surface area contributed by atoms with Crippen molar-refractivity contribution in [2.75, 3.05) is 0 Å². The monoisotopic (exact) mass is 316 g/mol. The fourth-order valence-electron chi connectivity index (χ4n) is 1.90. The molecule has 0 N–H and O–H groups in total. The van der Waals surface area contributed by atoms with E-state index in [9.17, 15) is 4.79 Å². The minimum atomic E-state index is -0.216. The number of ether oxygens (including phenoxy) is 1. The average Bonchev–Trinajstić information content (AvgIpc) is 2.97. The van der Waals surface area contributed by atoms with Crippen LogP contribution in [0.3, 0.4) is 0 Å². The minimum Gasteiger partial charge on any atom is -0.427 e. The van der Waals surface area contributed by atoms with Gasteiger partial charge in [0.1, 0.15) is 15.8 Å². The number of carbonyl (C=O) groups is 1. The highest BCUT2D eigenvalue weighted by atomic mass is 32.1. The number of benzene rings is 1. The van der Waals surface area contributed by atoms with Crippen LogP contribution >= 0.6 is 11.3 Å². The molecule has 2 aromatic rings. The lowest BCUT2D eigenvalue weighted by atomic mass is 10.2. The van der Waals surface area contributed by atoms with Crippen LogP contribution in [-0.2, 0) is 11.2 Å². The minimum absolute atomic E-state index is 0.216. The first-order chi connectivity index (χ1) is 10.7. The van der Waals surface area contributed by atoms with Crippen molar-refractivity contribution in [3.63, 3.8) is 0 Å². The van der Waals surface area contributed by atoms with E-state index in [1.807, 2.05) is 31.2 Å². The third-order valence-corrected chi connectivity index (χ3v) is 4.05. The average molecular weight is 316 g/mol. The number of hydrogen-bond donors (Lipinski definition) is 0. The molecule has 0 bridgehead atoms. The summed E-state index contributed by atoms with van der Waals surface area (Å²) in [5.41, 5.74) is 0.994. The summed E-state index contributed by atoms with van der Waals surface area (Å²) in [4.78, 5) is 11.6. The van der Waals surface area contributed by atoms with Crippen LogP contribution in [0.15, 0.2) is 36.4 Å². The van der Waals surface area contributed by atoms with Crippen molar-refractivity contribution in [2.45, 2.75) is 39.5 Å². The van der Waals surface area contributed by atoms with E-state index in [1.54, 1.807) is 23.5 Å². The molecule has 2 rings (SSSR count). The number of allylic oxidation sites excluding steroid dienone is 2. The number of aromatic nitrogens is 2. The first kappa shape index (κ1) is 16.4. The summed E-state index contributed by atoms with van der Waals surface area (Å²) in [6.45, 7) is 4.06. The predicted octanol–water partition coefficient (Wildman–Crippen LogP) is 4.42. The molecular formula is C17H20N2O2S. The Morgan fingerprint density at radius 2 is 2.05 bits per heavy atom. The highest BCUT2D eigenvalue weighted by molar-refractivity contribution is 7.14. The van der Waals surface area contributed by atoms with E-state index in [2.05, 4.69) is 17.1 Å². The fourth-order valence-corrected chi connectivity index (χ4v) is 2.85. The van der Waals surface area contributed by atoms with Crippen LogP contribution in [-0.4, -0.2) is 16.2 Å². The molecule has 1 heterocycles. The number of rotatable bonds is 7. The van der Waals surface area contributed by atoms with Gasteiger partial charge in [0.2, 0.25) is 0 Å². The molecule has 0 fully saturated rings. The van der Waals surface area contributed by atoms with Crippen LogP contribution in [0.2, 0.25) is 0 Å². The van der Waals surface area contributed by atoms with Crippen molar-refractivity contribution < 1.29 is 9.53 Å². The molecular weight excluding hydrogens is 296 g/mol. The van der Waals surface area contributed by atoms with Gasteiger partial charge in [0.25, 0.3) is 0 Å². The smallest absolute Gasteiger partial charge is 0.311 e. The third-order valence-electron chi connectivity index (χ3n) is 3.01. The first-order valence-corrected chi connectivity index (χ1v) is 8.29. The maximum Gasteiger partial charge on any atom is 0.311 e. The number of hydrogen-bond acceptors (Lipinski definition) is 5. The number of esters is 1. The fraction of sp³-hybridized carbons (Fsp3) is 0.353. The van der Waals surface area contributed by atoms with Crippen molar-refractivity contribution in [3.05, 3.63) is 41.4 Å². The summed E-state index contributed by atoms with van der Waals surface area (Å²) in [7, 11) is 0. The van der Waals surface area contributed by atoms with Crippen LogP contribution in [0.4, 0.5) is 0 Å². The quantitative estimate of drug-likeness (QED) is 0.431. The van der Waals surface area contributed by atoms with Crippen LogP contribution < -0.4 is 4.74 Å². The molecule has 0 amide bonds. The first-order valence-electron chi connectivity index (χ1n) is 7.47. The van der Waals surface area contributed by atoms with Gasteiger partial charge in [0.15, 0.2) is 0 Å². The van der Waals surface area contributed by atoms with Gasteiger partial charge in [-0.05, 0) is 44.0 Å². The van der Waals surface area contributed by atoms with Gasteiger partial charge < -0.3 is 4.74 Å². The lowest BCUT2D eigenvalue weighted by Gasteiger charge is -2.03. The normalized spacial score (nSPS) is 11.0. The molecule has 0 aliphatic rings. The van der Waals surface area contributed by atoms with Gasteiger partial charge >= 0.3 is 5.97 Å². The summed E-state index contributed by atoms with van der Waals surface area (Å²) in [6, 6.07) is 7.41. The Morgan fingerprint density at radius 1 is 1.27 bits per heavy atom. The predicted molar refractivity (Wildman–Crippen MR) is 89.0 cm³/mol. The topological polar surface area (TPSA) is 52.1 Å². The lowest BCUT2D eigenvalue weighted by molar-refractivity contribution is -0.134. The van der Waals surface area contributed by atoms with E-state index in [4.69, 9.17) is 4.74 Å². The molecule has 116 valence electrons. The number of nitrogens with zero attached hydrogens (tertiary/aromatic N) is 2. The second-order valence-electron chi connectivity index (χ2n) is 4.86. The molecule has 1 aromatic carbocycles. The number of carbonyl (C=O) groups excluding carboxylic acids is 1. The van der Waals surface area contributed by atoms with E-state index in [0.717, 1.165) is 28.4 Å². The van der Waals surface area contributed by atoms with Crippen LogP contribution in [0, 0.1) is 0 Å². The van der Waals surface area contributed by atoms with Gasteiger partial charge in [-0.2, -0.15) is 0 Å². The summed E-state index contributed by atoms with van der Waals surface area (Å²) < 4.78 is 5.29. The molecule has 0 saturated heterocycles. The van der Waals surface area contributed by atoms with Crippen molar-refractivity contribution in [3.8, 4) is 16.3 Å². The Labute approximate surface area is 134 Å². The highest BCUT2D eigenvalue weighted by Crippen LogP contribution is 2.26. The molecule has 0 saturated carbocycles. The van der Waals surface area contributed by atoms with Crippen LogP contribution in [0.25, 0.3) is 10.6 Å². The molecule has 0 atom stereocenters. The Kier molecular flexibility index (Phi) is 6.27. The van der Waals surface area contributed by atoms with Crippen molar-refractivity contribution in [1.82, 2.24) is 10.2 Å². The summed E-state index contributed by atoms with van der Waals surface area (Å²) in [6.07, 6.45) is 7.00. The highest BCUT2D eigenvalue weighted by Gasteiger charge is 2.08. The molecule has 5 heteroatoms. The van der Waals surface area contributed by atoms with E-state index >= 15 is 0 Å². The van der Waals surface area contributed by atoms with Crippen LogP contribution in [0.5, 0.6) is 5.75 Å². The largest absolute Gasteiger partial charge is 0.427 e. The zero-order chi connectivity index (χ0) is 15.8. The van der Waals surface area contributed by atoms with Gasteiger partial charge in [-0.25, -0.2) is 0 Å². The zero-order valence-electron chi connectivity index (χ0n) is 12.9. The van der Waals surface area contributed by atoms with Gasteiger partial charge in [-0.1, -0.05) is 30.4 Å². The maximum atomic E-state index is 11.6. The summed E-state index contributed by atoms with van der Waals surface area (Å²) >= 11 is 1.61. The Morgan fingerprint density at radius 3 is 2.73 bits per heavy atom. The van der Waals surface area contributed by atoms with E-state index in [0.29, 0.717) is 18.6 Å². The SMILES string of the molecule is CC=CCCC(=O)Oc1ccc(-c2nnc(CCC)s2)cc1. The Balaban J connectivity index is 1.96. The Hall–Kier alpha value is -2.01. The molecule has 0 spiro atoms. The molecule has 0 aliphatic carbocycles. The van der Waals surface area contributed by atoms with Crippen molar-refractivity contribution in [2.24, 2.45) is 0 Å². The van der Waals surface area contributed by atoms with Crippen molar-refractivity contribution in [1.29, 1.82) is 0 Å². The summed E-state index contributed by atoms with van der Waals surface area (Å²) in [5.74, 6) is 0.347. The van der Waals surface area contributed by atoms with Gasteiger partial charge in [0, 0.05) is 18.4 Å². The van der Waals surface area contributed by atoms with E-state index in [-0.39, 0.29) is 5.97 Å². The standard InChI is InChI=1S/C17H20N2O2S/c1-3-5-6-8-16(20)21-14-11-9-13(10-12-14)17-19-18-15(22-17)7-4-2/h3,5,9-12H,4,6-8H2,1-2H3. The lowest BCUT2D eigenvalue weighted by Crippen LogP contribution is -2.06. The third kappa shape index (κ3) is 4.77. The van der Waals surface area contributed by atoms with E-state index in [1.165, 1.54) is 0 Å². The second-order valence-corrected chi connectivity index (χ2v) is 5.92. The van der Waals surface area contributed by atoms with Gasteiger partial charge in [-0.15, -0.1) is 10.2 Å². The molecule has 1 aromatic heterocycles.